The molecule has 1 saturated heterocycles. The van der Waals surface area contributed by atoms with Crippen LogP contribution in [-0.4, -0.2) is 42.1 Å². The monoisotopic (exact) mass is 220 g/mol. The van der Waals surface area contributed by atoms with Crippen LogP contribution < -0.4 is 0 Å². The summed E-state index contributed by atoms with van der Waals surface area (Å²) in [5, 5.41) is 8.65. The zero-order valence-electron chi connectivity index (χ0n) is 8.27. The Balaban J connectivity index is 2.05. The molecule has 0 bridgehead atoms. The number of ether oxygens (including phenoxy) is 2. The van der Waals surface area contributed by atoms with Crippen molar-refractivity contribution in [3.8, 4) is 0 Å². The molecule has 1 N–H and O–H groups in total. The van der Waals surface area contributed by atoms with Gasteiger partial charge in [-0.1, -0.05) is 6.92 Å². The van der Waals surface area contributed by atoms with Crippen molar-refractivity contribution in [2.45, 2.75) is 19.4 Å². The minimum absolute atomic E-state index is 0.231. The summed E-state index contributed by atoms with van der Waals surface area (Å²) in [6.45, 7) is 2.85. The van der Waals surface area contributed by atoms with E-state index in [9.17, 15) is 4.79 Å². The lowest BCUT2D eigenvalue weighted by molar-refractivity contribution is -0.140. The highest BCUT2D eigenvalue weighted by Crippen LogP contribution is 2.15. The second-order valence-electron chi connectivity index (χ2n) is 3.38. The molecule has 1 aliphatic heterocycles. The predicted octanol–water partition coefficient (Wildman–Crippen LogP) is 1.20. The third-order valence-electron chi connectivity index (χ3n) is 2.06. The Hall–Kier alpha value is -0.260. The van der Waals surface area contributed by atoms with Crippen molar-refractivity contribution in [3.63, 3.8) is 0 Å². The summed E-state index contributed by atoms with van der Waals surface area (Å²) in [5.74, 6) is 0.502. The Bertz CT molecular complexity index is 180. The molecular weight excluding hydrogens is 204 g/mol. The van der Waals surface area contributed by atoms with E-state index in [1.165, 1.54) is 0 Å². The van der Waals surface area contributed by atoms with Crippen LogP contribution in [0.3, 0.4) is 0 Å². The third-order valence-corrected chi connectivity index (χ3v) is 3.41. The van der Waals surface area contributed by atoms with E-state index in [1.54, 1.807) is 18.7 Å². The largest absolute Gasteiger partial charge is 0.481 e. The highest BCUT2D eigenvalue weighted by molar-refractivity contribution is 7.99. The molecule has 0 amide bonds. The van der Waals surface area contributed by atoms with E-state index in [0.717, 1.165) is 18.8 Å². The van der Waals surface area contributed by atoms with Crippen molar-refractivity contribution >= 4 is 17.7 Å². The summed E-state index contributed by atoms with van der Waals surface area (Å²) in [7, 11) is 0. The van der Waals surface area contributed by atoms with Gasteiger partial charge in [0, 0.05) is 11.5 Å². The first-order valence-corrected chi connectivity index (χ1v) is 5.85. The van der Waals surface area contributed by atoms with E-state index < -0.39 is 5.97 Å². The van der Waals surface area contributed by atoms with E-state index in [4.69, 9.17) is 14.6 Å². The van der Waals surface area contributed by atoms with Crippen molar-refractivity contribution < 1.29 is 19.4 Å². The van der Waals surface area contributed by atoms with Crippen LogP contribution in [0.25, 0.3) is 0 Å². The van der Waals surface area contributed by atoms with Gasteiger partial charge in [-0.05, 0) is 6.42 Å². The molecule has 0 aromatic heterocycles. The first-order chi connectivity index (χ1) is 6.70. The van der Waals surface area contributed by atoms with Gasteiger partial charge in [0.15, 0.2) is 0 Å². The van der Waals surface area contributed by atoms with Gasteiger partial charge in [0.05, 0.1) is 18.6 Å². The topological polar surface area (TPSA) is 55.8 Å². The quantitative estimate of drug-likeness (QED) is 0.754. The summed E-state index contributed by atoms with van der Waals surface area (Å²) >= 11 is 1.63. The standard InChI is InChI=1S/C9H16O4S/c1-7(9(10)11)4-14-5-8-2-3-12-6-13-8/h7-8H,2-6H2,1H3,(H,10,11). The molecule has 0 saturated carbocycles. The highest BCUT2D eigenvalue weighted by Gasteiger charge is 2.16. The number of hydrogen-bond acceptors (Lipinski definition) is 4. The van der Waals surface area contributed by atoms with Crippen molar-refractivity contribution in [2.24, 2.45) is 5.92 Å². The number of carbonyl (C=O) groups is 1. The number of thioether (sulfide) groups is 1. The fourth-order valence-electron chi connectivity index (χ4n) is 1.08. The van der Waals surface area contributed by atoms with Gasteiger partial charge >= 0.3 is 5.97 Å². The van der Waals surface area contributed by atoms with Crippen LogP contribution in [0.1, 0.15) is 13.3 Å². The minimum Gasteiger partial charge on any atom is -0.481 e. The molecule has 0 aliphatic carbocycles. The van der Waals surface area contributed by atoms with Gasteiger partial charge in [0.1, 0.15) is 6.79 Å². The molecule has 1 heterocycles. The fraction of sp³-hybridized carbons (Fsp3) is 0.889. The number of rotatable bonds is 5. The molecule has 82 valence electrons. The van der Waals surface area contributed by atoms with E-state index in [2.05, 4.69) is 0 Å². The van der Waals surface area contributed by atoms with Crippen LogP contribution in [0.15, 0.2) is 0 Å². The van der Waals surface area contributed by atoms with E-state index in [-0.39, 0.29) is 12.0 Å². The second-order valence-corrected chi connectivity index (χ2v) is 4.46. The minimum atomic E-state index is -0.731. The van der Waals surface area contributed by atoms with Crippen LogP contribution in [0.4, 0.5) is 0 Å². The molecule has 0 radical (unpaired) electrons. The van der Waals surface area contributed by atoms with Crippen LogP contribution in [0.2, 0.25) is 0 Å². The van der Waals surface area contributed by atoms with Gasteiger partial charge in [0.25, 0.3) is 0 Å². The van der Waals surface area contributed by atoms with Gasteiger partial charge < -0.3 is 14.6 Å². The molecule has 2 atom stereocenters. The summed E-state index contributed by atoms with van der Waals surface area (Å²) in [4.78, 5) is 10.5. The van der Waals surface area contributed by atoms with E-state index >= 15 is 0 Å². The summed E-state index contributed by atoms with van der Waals surface area (Å²) in [6, 6.07) is 0. The Labute approximate surface area is 88.0 Å². The van der Waals surface area contributed by atoms with Crippen LogP contribution >= 0.6 is 11.8 Å². The maximum absolute atomic E-state index is 10.5. The Kier molecular flexibility index (Phi) is 5.29. The molecule has 1 aliphatic rings. The lowest BCUT2D eigenvalue weighted by Crippen LogP contribution is -2.26. The molecular formula is C9H16O4S. The fourth-order valence-corrected chi connectivity index (χ4v) is 2.24. The molecule has 0 spiro atoms. The zero-order valence-corrected chi connectivity index (χ0v) is 9.09. The van der Waals surface area contributed by atoms with Crippen molar-refractivity contribution in [1.82, 2.24) is 0 Å². The lowest BCUT2D eigenvalue weighted by atomic mass is 10.2. The molecule has 1 rings (SSSR count). The number of carboxylic acid groups (broad SMARTS) is 1. The van der Waals surface area contributed by atoms with Crippen molar-refractivity contribution in [2.75, 3.05) is 24.9 Å². The molecule has 0 aromatic carbocycles. The zero-order chi connectivity index (χ0) is 10.4. The smallest absolute Gasteiger partial charge is 0.307 e. The SMILES string of the molecule is CC(CSCC1CCOCO1)C(=O)O. The third kappa shape index (κ3) is 4.30. The molecule has 4 nitrogen and oxygen atoms in total. The summed E-state index contributed by atoms with van der Waals surface area (Å²) < 4.78 is 10.4. The molecule has 14 heavy (non-hydrogen) atoms. The molecule has 5 heteroatoms. The molecule has 1 fully saturated rings. The Morgan fingerprint density at radius 2 is 2.50 bits per heavy atom. The first kappa shape index (κ1) is 11.8. The van der Waals surface area contributed by atoms with Gasteiger partial charge in [-0.3, -0.25) is 4.79 Å². The second kappa shape index (κ2) is 6.27. The van der Waals surface area contributed by atoms with Gasteiger partial charge in [0.2, 0.25) is 0 Å². The van der Waals surface area contributed by atoms with E-state index in [1.807, 2.05) is 0 Å². The first-order valence-electron chi connectivity index (χ1n) is 4.70. The molecule has 2 unspecified atom stereocenters. The van der Waals surface area contributed by atoms with Gasteiger partial charge in [-0.25, -0.2) is 0 Å². The highest BCUT2D eigenvalue weighted by atomic mass is 32.2. The summed E-state index contributed by atoms with van der Waals surface area (Å²) in [5.41, 5.74) is 0. The maximum Gasteiger partial charge on any atom is 0.307 e. The van der Waals surface area contributed by atoms with E-state index in [0.29, 0.717) is 12.5 Å². The van der Waals surface area contributed by atoms with Gasteiger partial charge in [-0.15, -0.1) is 0 Å². The predicted molar refractivity (Wildman–Crippen MR) is 54.4 cm³/mol. The van der Waals surface area contributed by atoms with Crippen LogP contribution in [0.5, 0.6) is 0 Å². The molecule has 0 aromatic rings. The lowest BCUT2D eigenvalue weighted by Gasteiger charge is -2.22. The van der Waals surface area contributed by atoms with Gasteiger partial charge in [-0.2, -0.15) is 11.8 Å². The van der Waals surface area contributed by atoms with Crippen molar-refractivity contribution in [3.05, 3.63) is 0 Å². The van der Waals surface area contributed by atoms with Crippen LogP contribution in [0, 0.1) is 5.92 Å². The average Bonchev–Trinajstić information content (AvgIpc) is 2.19. The summed E-state index contributed by atoms with van der Waals surface area (Å²) in [6.07, 6.45) is 1.14. The van der Waals surface area contributed by atoms with Crippen molar-refractivity contribution in [1.29, 1.82) is 0 Å². The maximum atomic E-state index is 10.5. The van der Waals surface area contributed by atoms with Crippen LogP contribution in [-0.2, 0) is 14.3 Å². The normalized spacial score (nSPS) is 24.5. The Morgan fingerprint density at radius 1 is 1.71 bits per heavy atom. The average molecular weight is 220 g/mol. The number of aliphatic carboxylic acids is 1. The number of carboxylic acids is 1. The Morgan fingerprint density at radius 3 is 3.07 bits per heavy atom. The number of hydrogen-bond donors (Lipinski definition) is 1.